The Labute approximate surface area is 122 Å². The lowest BCUT2D eigenvalue weighted by atomic mass is 9.88. The summed E-state index contributed by atoms with van der Waals surface area (Å²) in [5, 5.41) is 11.0. The summed E-state index contributed by atoms with van der Waals surface area (Å²) in [7, 11) is 0. The topological polar surface area (TPSA) is 46.2 Å². The molecule has 1 aliphatic rings. The van der Waals surface area contributed by atoms with Gasteiger partial charge in [-0.05, 0) is 35.2 Å². The normalized spacial score (nSPS) is 24.7. The van der Waals surface area contributed by atoms with Crippen LogP contribution in [0.25, 0.3) is 0 Å². The minimum Gasteiger partial charge on any atom is -0.385 e. The van der Waals surface area contributed by atoms with E-state index in [1.165, 1.54) is 12.1 Å². The molecule has 2 atom stereocenters. The molecule has 1 aliphatic carbocycles. The van der Waals surface area contributed by atoms with Gasteiger partial charge in [0, 0.05) is 12.5 Å². The molecule has 3 rings (SSSR count). The first kappa shape index (κ1) is 13.6. The van der Waals surface area contributed by atoms with Gasteiger partial charge in [-0.1, -0.05) is 41.9 Å². The number of rotatable bonds is 2. The average molecular weight is 292 g/mol. The SMILES string of the molecule is NC1CC(O)(Cc2ccc(Cl)c(F)c2)c2ccccc21. The molecule has 0 fully saturated rings. The van der Waals surface area contributed by atoms with Crippen LogP contribution in [-0.4, -0.2) is 5.11 Å². The van der Waals surface area contributed by atoms with E-state index in [0.29, 0.717) is 18.4 Å². The maximum atomic E-state index is 13.5. The molecule has 0 saturated heterocycles. The molecule has 0 amide bonds. The van der Waals surface area contributed by atoms with Crippen molar-refractivity contribution in [3.63, 3.8) is 0 Å². The van der Waals surface area contributed by atoms with Gasteiger partial charge in [-0.3, -0.25) is 0 Å². The van der Waals surface area contributed by atoms with Crippen LogP contribution in [0.3, 0.4) is 0 Å². The largest absolute Gasteiger partial charge is 0.385 e. The molecule has 2 aromatic carbocycles. The van der Waals surface area contributed by atoms with Crippen molar-refractivity contribution in [2.75, 3.05) is 0 Å². The van der Waals surface area contributed by atoms with Crippen molar-refractivity contribution < 1.29 is 9.50 Å². The van der Waals surface area contributed by atoms with Crippen LogP contribution in [0.2, 0.25) is 5.02 Å². The Bertz CT molecular complexity index is 661. The van der Waals surface area contributed by atoms with Crippen molar-refractivity contribution in [3.05, 3.63) is 70.0 Å². The second-order valence-electron chi connectivity index (χ2n) is 5.35. The van der Waals surface area contributed by atoms with E-state index in [9.17, 15) is 9.50 Å². The molecule has 104 valence electrons. The Morgan fingerprint density at radius 3 is 2.80 bits per heavy atom. The van der Waals surface area contributed by atoms with Crippen LogP contribution in [-0.2, 0) is 12.0 Å². The van der Waals surface area contributed by atoms with Gasteiger partial charge in [-0.15, -0.1) is 0 Å². The van der Waals surface area contributed by atoms with Crippen LogP contribution in [0.5, 0.6) is 0 Å². The van der Waals surface area contributed by atoms with E-state index >= 15 is 0 Å². The van der Waals surface area contributed by atoms with Crippen LogP contribution in [0.1, 0.15) is 29.2 Å². The average Bonchev–Trinajstić information content (AvgIpc) is 2.67. The first-order chi connectivity index (χ1) is 9.49. The fourth-order valence-corrected chi connectivity index (χ4v) is 3.10. The van der Waals surface area contributed by atoms with E-state index in [2.05, 4.69) is 0 Å². The van der Waals surface area contributed by atoms with E-state index in [4.69, 9.17) is 17.3 Å². The molecule has 4 heteroatoms. The molecule has 0 radical (unpaired) electrons. The Hall–Kier alpha value is -1.42. The third kappa shape index (κ3) is 2.22. The summed E-state index contributed by atoms with van der Waals surface area (Å²) in [6.07, 6.45) is 0.766. The van der Waals surface area contributed by atoms with Crippen molar-refractivity contribution in [1.29, 1.82) is 0 Å². The van der Waals surface area contributed by atoms with Gasteiger partial charge in [0.25, 0.3) is 0 Å². The number of aliphatic hydroxyl groups is 1. The molecule has 0 aromatic heterocycles. The Morgan fingerprint density at radius 1 is 1.30 bits per heavy atom. The summed E-state index contributed by atoms with van der Waals surface area (Å²) < 4.78 is 13.5. The second kappa shape index (κ2) is 4.85. The second-order valence-corrected chi connectivity index (χ2v) is 5.76. The Balaban J connectivity index is 1.96. The molecule has 20 heavy (non-hydrogen) atoms. The number of hydrogen-bond donors (Lipinski definition) is 2. The van der Waals surface area contributed by atoms with Gasteiger partial charge in [0.15, 0.2) is 0 Å². The smallest absolute Gasteiger partial charge is 0.142 e. The predicted molar refractivity (Wildman–Crippen MR) is 77.0 cm³/mol. The van der Waals surface area contributed by atoms with E-state index in [1.807, 2.05) is 24.3 Å². The van der Waals surface area contributed by atoms with Gasteiger partial charge in [0.2, 0.25) is 0 Å². The summed E-state index contributed by atoms with van der Waals surface area (Å²) in [5.41, 5.74) is 7.53. The first-order valence-corrected chi connectivity index (χ1v) is 6.89. The van der Waals surface area contributed by atoms with Crippen LogP contribution in [0.4, 0.5) is 4.39 Å². The van der Waals surface area contributed by atoms with E-state index in [1.54, 1.807) is 6.07 Å². The number of nitrogens with two attached hydrogens (primary N) is 1. The van der Waals surface area contributed by atoms with Crippen LogP contribution in [0, 0.1) is 5.82 Å². The number of halogens is 2. The minimum absolute atomic E-state index is 0.0873. The molecule has 2 nitrogen and oxygen atoms in total. The third-order valence-electron chi connectivity index (χ3n) is 3.90. The van der Waals surface area contributed by atoms with Crippen molar-refractivity contribution in [3.8, 4) is 0 Å². The van der Waals surface area contributed by atoms with Crippen LogP contribution >= 0.6 is 11.6 Å². The summed E-state index contributed by atoms with van der Waals surface area (Å²) in [6.45, 7) is 0. The predicted octanol–water partition coefficient (Wildman–Crippen LogP) is 3.31. The lowest BCUT2D eigenvalue weighted by Crippen LogP contribution is -2.26. The van der Waals surface area contributed by atoms with Crippen LogP contribution < -0.4 is 5.73 Å². The molecule has 3 N–H and O–H groups in total. The highest BCUT2D eigenvalue weighted by molar-refractivity contribution is 6.30. The molecule has 0 aliphatic heterocycles. The molecule has 2 aromatic rings. The maximum Gasteiger partial charge on any atom is 0.142 e. The van der Waals surface area contributed by atoms with Crippen LogP contribution in [0.15, 0.2) is 42.5 Å². The zero-order valence-electron chi connectivity index (χ0n) is 10.8. The fraction of sp³-hybridized carbons (Fsp3) is 0.250. The monoisotopic (exact) mass is 291 g/mol. The molecule has 2 unspecified atom stereocenters. The van der Waals surface area contributed by atoms with Gasteiger partial charge in [0.05, 0.1) is 10.6 Å². The highest BCUT2D eigenvalue weighted by Gasteiger charge is 2.40. The number of hydrogen-bond acceptors (Lipinski definition) is 2. The van der Waals surface area contributed by atoms with Crippen molar-refractivity contribution in [1.82, 2.24) is 0 Å². The number of fused-ring (bicyclic) bond motifs is 1. The highest BCUT2D eigenvalue weighted by Crippen LogP contribution is 2.44. The summed E-state index contributed by atoms with van der Waals surface area (Å²) in [5.74, 6) is -0.469. The maximum absolute atomic E-state index is 13.5. The zero-order chi connectivity index (χ0) is 14.3. The minimum atomic E-state index is -1.05. The van der Waals surface area contributed by atoms with E-state index in [0.717, 1.165) is 11.1 Å². The summed E-state index contributed by atoms with van der Waals surface area (Å²) in [4.78, 5) is 0. The quantitative estimate of drug-likeness (QED) is 0.892. The van der Waals surface area contributed by atoms with Gasteiger partial charge < -0.3 is 10.8 Å². The molecule has 0 heterocycles. The van der Waals surface area contributed by atoms with Crippen molar-refractivity contribution in [2.24, 2.45) is 5.73 Å². The van der Waals surface area contributed by atoms with E-state index < -0.39 is 11.4 Å². The number of benzene rings is 2. The fourth-order valence-electron chi connectivity index (χ4n) is 2.98. The molecule has 0 bridgehead atoms. The van der Waals surface area contributed by atoms with Crippen molar-refractivity contribution >= 4 is 11.6 Å². The Kier molecular flexibility index (Phi) is 3.28. The summed E-state index contributed by atoms with van der Waals surface area (Å²) in [6, 6.07) is 12.0. The highest BCUT2D eigenvalue weighted by atomic mass is 35.5. The lowest BCUT2D eigenvalue weighted by Gasteiger charge is -2.24. The molecular formula is C16H15ClFNO. The standard InChI is InChI=1S/C16H15ClFNO/c17-13-6-5-10(7-14(13)18)8-16(20)9-15(19)11-3-1-2-4-12(11)16/h1-7,15,20H,8-9,19H2. The third-order valence-corrected chi connectivity index (χ3v) is 4.21. The zero-order valence-corrected chi connectivity index (χ0v) is 11.6. The lowest BCUT2D eigenvalue weighted by molar-refractivity contribution is 0.0341. The molecular weight excluding hydrogens is 277 g/mol. The van der Waals surface area contributed by atoms with Gasteiger partial charge in [0.1, 0.15) is 5.82 Å². The molecule has 0 saturated carbocycles. The Morgan fingerprint density at radius 2 is 2.05 bits per heavy atom. The first-order valence-electron chi connectivity index (χ1n) is 6.51. The van der Waals surface area contributed by atoms with Gasteiger partial charge in [-0.25, -0.2) is 4.39 Å². The van der Waals surface area contributed by atoms with Gasteiger partial charge >= 0.3 is 0 Å². The summed E-state index contributed by atoms with van der Waals surface area (Å²) >= 11 is 5.68. The van der Waals surface area contributed by atoms with Crippen molar-refractivity contribution in [2.45, 2.75) is 24.5 Å². The molecule has 0 spiro atoms. The van der Waals surface area contributed by atoms with E-state index in [-0.39, 0.29) is 11.1 Å². The van der Waals surface area contributed by atoms with Gasteiger partial charge in [-0.2, -0.15) is 0 Å².